The van der Waals surface area contributed by atoms with Crippen molar-refractivity contribution < 1.29 is 23.0 Å². The van der Waals surface area contributed by atoms with Gasteiger partial charge in [-0.25, -0.2) is 18.3 Å². The Hall–Kier alpha value is -2.81. The van der Waals surface area contributed by atoms with Crippen molar-refractivity contribution in [3.05, 3.63) is 53.0 Å². The highest BCUT2D eigenvalue weighted by molar-refractivity contribution is 5.92. The molecule has 2 atom stereocenters. The van der Waals surface area contributed by atoms with Crippen molar-refractivity contribution in [1.29, 1.82) is 0 Å². The van der Waals surface area contributed by atoms with Gasteiger partial charge in [-0.2, -0.15) is 10.1 Å². The van der Waals surface area contributed by atoms with Crippen LogP contribution < -0.4 is 5.32 Å². The molecule has 9 heteroatoms. The average Bonchev–Trinajstić information content (AvgIpc) is 3.29. The number of anilines is 1. The molecule has 0 radical (unpaired) electrons. The molecule has 2 aliphatic rings. The van der Waals surface area contributed by atoms with Gasteiger partial charge in [0.15, 0.2) is 0 Å². The predicted octanol–water partition coefficient (Wildman–Crippen LogP) is 2.57. The van der Waals surface area contributed by atoms with Crippen LogP contribution in [0.25, 0.3) is 0 Å². The third-order valence-electron chi connectivity index (χ3n) is 4.64. The Bertz CT molecular complexity index is 886. The summed E-state index contributed by atoms with van der Waals surface area (Å²) in [5, 5.41) is 7.09. The fourth-order valence-corrected chi connectivity index (χ4v) is 3.42. The van der Waals surface area contributed by atoms with Crippen molar-refractivity contribution in [2.75, 3.05) is 18.5 Å². The van der Waals surface area contributed by atoms with E-state index in [2.05, 4.69) is 15.4 Å². The minimum atomic E-state index is -0.856. The molecular weight excluding hydrogens is 358 g/mol. The molecule has 7 nitrogen and oxygen atoms in total. The van der Waals surface area contributed by atoms with E-state index >= 15 is 0 Å². The number of benzene rings is 1. The van der Waals surface area contributed by atoms with Crippen LogP contribution in [-0.4, -0.2) is 40.1 Å². The number of carbonyl (C=O) groups excluding carboxylic acids is 1. The zero-order chi connectivity index (χ0) is 19.0. The number of carbonyl (C=O) groups is 1. The number of nitrogens with one attached hydrogen (secondary N) is 1. The molecule has 1 aromatic carbocycles. The van der Waals surface area contributed by atoms with Gasteiger partial charge in [0.25, 0.3) is 0 Å². The first kappa shape index (κ1) is 17.6. The number of ether oxygens (including phenoxy) is 2. The van der Waals surface area contributed by atoms with Gasteiger partial charge >= 0.3 is 5.97 Å². The van der Waals surface area contributed by atoms with E-state index in [4.69, 9.17) is 9.47 Å². The van der Waals surface area contributed by atoms with Gasteiger partial charge in [0.05, 0.1) is 11.7 Å². The van der Waals surface area contributed by atoms with Gasteiger partial charge in [-0.1, -0.05) is 0 Å². The largest absolute Gasteiger partial charge is 0.459 e. The molecule has 0 spiro atoms. The van der Waals surface area contributed by atoms with Crippen molar-refractivity contribution >= 4 is 11.9 Å². The predicted molar refractivity (Wildman–Crippen MR) is 90.8 cm³/mol. The summed E-state index contributed by atoms with van der Waals surface area (Å²) in [7, 11) is 0. The van der Waals surface area contributed by atoms with E-state index in [0.717, 1.165) is 18.9 Å². The molecule has 1 saturated heterocycles. The SMILES string of the molecule is CC1=C(C(=O)OCC2CCCO2)C(c2cc(F)cc(F)c2)n2ncnc2N1. The van der Waals surface area contributed by atoms with Gasteiger partial charge in [0.2, 0.25) is 5.95 Å². The zero-order valence-electron chi connectivity index (χ0n) is 14.6. The van der Waals surface area contributed by atoms with Crippen LogP contribution in [0.5, 0.6) is 0 Å². The summed E-state index contributed by atoms with van der Waals surface area (Å²) < 4.78 is 39.9. The van der Waals surface area contributed by atoms with Gasteiger partial charge in [-0.15, -0.1) is 0 Å². The quantitative estimate of drug-likeness (QED) is 0.827. The molecule has 1 N–H and O–H groups in total. The Kier molecular flexibility index (Phi) is 4.61. The first-order valence-corrected chi connectivity index (χ1v) is 8.65. The van der Waals surface area contributed by atoms with Crippen molar-refractivity contribution in [1.82, 2.24) is 14.8 Å². The third kappa shape index (κ3) is 3.42. The summed E-state index contributed by atoms with van der Waals surface area (Å²) in [5.74, 6) is -1.70. The number of aromatic nitrogens is 3. The van der Waals surface area contributed by atoms with Gasteiger partial charge in [-0.05, 0) is 37.5 Å². The minimum absolute atomic E-state index is 0.126. The van der Waals surface area contributed by atoms with Crippen LogP contribution in [0.15, 0.2) is 35.8 Å². The van der Waals surface area contributed by atoms with E-state index in [9.17, 15) is 13.6 Å². The van der Waals surface area contributed by atoms with Crippen LogP contribution in [0.3, 0.4) is 0 Å². The van der Waals surface area contributed by atoms with Crippen molar-refractivity contribution in [2.45, 2.75) is 31.9 Å². The molecule has 3 heterocycles. The molecule has 2 aliphatic heterocycles. The summed E-state index contributed by atoms with van der Waals surface area (Å²) in [6.07, 6.45) is 2.94. The molecule has 27 heavy (non-hydrogen) atoms. The van der Waals surface area contributed by atoms with E-state index in [1.165, 1.54) is 23.1 Å². The Labute approximate surface area is 154 Å². The summed E-state index contributed by atoms with van der Waals surface area (Å²) >= 11 is 0. The van der Waals surface area contributed by atoms with Crippen molar-refractivity contribution in [3.63, 3.8) is 0 Å². The highest BCUT2D eigenvalue weighted by atomic mass is 19.1. The lowest BCUT2D eigenvalue weighted by molar-refractivity contribution is -0.142. The molecule has 1 fully saturated rings. The third-order valence-corrected chi connectivity index (χ3v) is 4.64. The second kappa shape index (κ2) is 7.07. The van der Waals surface area contributed by atoms with Gasteiger partial charge < -0.3 is 14.8 Å². The first-order chi connectivity index (χ1) is 13.0. The number of hydrogen-bond acceptors (Lipinski definition) is 6. The van der Waals surface area contributed by atoms with Crippen molar-refractivity contribution in [3.8, 4) is 0 Å². The van der Waals surface area contributed by atoms with Crippen LogP contribution in [0.1, 0.15) is 31.4 Å². The van der Waals surface area contributed by atoms with Gasteiger partial charge in [0.1, 0.15) is 30.6 Å². The number of allylic oxidation sites excluding steroid dienone is 1. The number of esters is 1. The molecule has 142 valence electrons. The second-order valence-corrected chi connectivity index (χ2v) is 6.53. The molecule has 0 amide bonds. The molecule has 0 saturated carbocycles. The highest BCUT2D eigenvalue weighted by Crippen LogP contribution is 2.35. The summed E-state index contributed by atoms with van der Waals surface area (Å²) in [5.41, 5.74) is 0.947. The first-order valence-electron chi connectivity index (χ1n) is 8.65. The molecule has 2 unspecified atom stereocenters. The Morgan fingerprint density at radius 1 is 1.37 bits per heavy atom. The smallest absolute Gasteiger partial charge is 0.338 e. The lowest BCUT2D eigenvalue weighted by Crippen LogP contribution is -2.31. The van der Waals surface area contributed by atoms with Crippen molar-refractivity contribution in [2.24, 2.45) is 0 Å². The lowest BCUT2D eigenvalue weighted by Gasteiger charge is -2.28. The van der Waals surface area contributed by atoms with E-state index in [-0.39, 0.29) is 23.8 Å². The maximum Gasteiger partial charge on any atom is 0.338 e. The lowest BCUT2D eigenvalue weighted by atomic mass is 9.95. The molecule has 2 aromatic rings. The Morgan fingerprint density at radius 2 is 2.15 bits per heavy atom. The maximum absolute atomic E-state index is 13.8. The Morgan fingerprint density at radius 3 is 2.85 bits per heavy atom. The van der Waals surface area contributed by atoms with Crippen LogP contribution >= 0.6 is 0 Å². The molecule has 0 aliphatic carbocycles. The van der Waals surface area contributed by atoms with Crippen LogP contribution in [0.4, 0.5) is 14.7 Å². The Balaban J connectivity index is 1.69. The summed E-state index contributed by atoms with van der Waals surface area (Å²) in [6.45, 7) is 2.46. The van der Waals surface area contributed by atoms with E-state index in [0.29, 0.717) is 18.3 Å². The highest BCUT2D eigenvalue weighted by Gasteiger charge is 2.35. The summed E-state index contributed by atoms with van der Waals surface area (Å²) in [6, 6.07) is 2.26. The van der Waals surface area contributed by atoms with E-state index in [1.807, 2.05) is 0 Å². The second-order valence-electron chi connectivity index (χ2n) is 6.53. The summed E-state index contributed by atoms with van der Waals surface area (Å²) in [4.78, 5) is 16.9. The maximum atomic E-state index is 13.8. The van der Waals surface area contributed by atoms with E-state index < -0.39 is 23.6 Å². The molecule has 0 bridgehead atoms. The fourth-order valence-electron chi connectivity index (χ4n) is 3.42. The molecule has 4 rings (SSSR count). The topological polar surface area (TPSA) is 78.3 Å². The van der Waals surface area contributed by atoms with Crippen LogP contribution in [-0.2, 0) is 14.3 Å². The minimum Gasteiger partial charge on any atom is -0.459 e. The molecular formula is C18H18F2N4O3. The number of hydrogen-bond donors (Lipinski definition) is 1. The average molecular weight is 376 g/mol. The monoisotopic (exact) mass is 376 g/mol. The number of nitrogens with zero attached hydrogens (tertiary/aromatic N) is 3. The van der Waals surface area contributed by atoms with E-state index in [1.54, 1.807) is 6.92 Å². The standard InChI is InChI=1S/C18H18F2N4O3/c1-10-15(17(25)27-8-14-3-2-4-26-14)16(24-18(23-10)21-9-22-24)11-5-12(19)7-13(20)6-11/h5-7,9,14,16H,2-4,8H2,1H3,(H,21,22,23). The number of fused-ring (bicyclic) bond motifs is 1. The van der Waals surface area contributed by atoms with Gasteiger partial charge in [0, 0.05) is 18.4 Å². The fraction of sp³-hybridized carbons (Fsp3) is 0.389. The number of halogens is 2. The normalized spacial score (nSPS) is 21.7. The molecule has 1 aromatic heterocycles. The zero-order valence-corrected chi connectivity index (χ0v) is 14.6. The van der Waals surface area contributed by atoms with Crippen LogP contribution in [0.2, 0.25) is 0 Å². The van der Waals surface area contributed by atoms with Gasteiger partial charge in [-0.3, -0.25) is 0 Å². The van der Waals surface area contributed by atoms with Crippen LogP contribution in [0, 0.1) is 11.6 Å². The number of rotatable bonds is 4.